The highest BCUT2D eigenvalue weighted by Gasteiger charge is 2.28. The van der Waals surface area contributed by atoms with Gasteiger partial charge in [0, 0.05) is 11.7 Å². The molecule has 3 nitrogen and oxygen atoms in total. The molecular weight excluding hydrogens is 303 g/mol. The van der Waals surface area contributed by atoms with Crippen LogP contribution in [-0.2, 0) is 4.79 Å². The van der Waals surface area contributed by atoms with E-state index in [1.165, 1.54) is 17.7 Å². The van der Waals surface area contributed by atoms with Crippen LogP contribution in [0.4, 0.5) is 10.1 Å². The lowest BCUT2D eigenvalue weighted by molar-refractivity contribution is -0.122. The number of anilines is 1. The highest BCUT2D eigenvalue weighted by Crippen LogP contribution is 2.25. The summed E-state index contributed by atoms with van der Waals surface area (Å²) in [7, 11) is 0. The molecule has 24 heavy (non-hydrogen) atoms. The van der Waals surface area contributed by atoms with Crippen molar-refractivity contribution >= 4 is 11.6 Å². The predicted octanol–water partition coefficient (Wildman–Crippen LogP) is 4.38. The van der Waals surface area contributed by atoms with Crippen LogP contribution in [0.1, 0.15) is 49.8 Å². The molecule has 0 unspecified atom stereocenters. The smallest absolute Gasteiger partial charge is 0.247 e. The third-order valence-corrected chi connectivity index (χ3v) is 4.28. The van der Waals surface area contributed by atoms with Crippen LogP contribution in [0, 0.1) is 5.82 Å². The van der Waals surface area contributed by atoms with Gasteiger partial charge in [-0.1, -0.05) is 38.1 Å². The zero-order chi connectivity index (χ0) is 17.1. The topological polar surface area (TPSA) is 41.1 Å². The van der Waals surface area contributed by atoms with Gasteiger partial charge in [-0.2, -0.15) is 0 Å². The Labute approximate surface area is 142 Å². The van der Waals surface area contributed by atoms with Gasteiger partial charge in [-0.15, -0.1) is 0 Å². The minimum Gasteiger partial charge on any atom is -0.370 e. The fourth-order valence-electron chi connectivity index (χ4n) is 2.60. The molecule has 1 aliphatic carbocycles. The Morgan fingerprint density at radius 2 is 1.58 bits per heavy atom. The van der Waals surface area contributed by atoms with Crippen LogP contribution in [0.25, 0.3) is 0 Å². The normalized spacial score (nSPS) is 15.2. The van der Waals surface area contributed by atoms with E-state index in [2.05, 4.69) is 36.6 Å². The van der Waals surface area contributed by atoms with E-state index in [0.717, 1.165) is 24.1 Å². The Balaban J connectivity index is 1.80. The van der Waals surface area contributed by atoms with Gasteiger partial charge in [0.2, 0.25) is 5.91 Å². The van der Waals surface area contributed by atoms with E-state index in [4.69, 9.17) is 0 Å². The lowest BCUT2D eigenvalue weighted by atomic mass is 10.0. The second kappa shape index (κ2) is 7.04. The van der Waals surface area contributed by atoms with E-state index in [0.29, 0.717) is 5.92 Å². The van der Waals surface area contributed by atoms with Gasteiger partial charge in [0.05, 0.1) is 0 Å². The quantitative estimate of drug-likeness (QED) is 0.827. The van der Waals surface area contributed by atoms with Gasteiger partial charge in [-0.05, 0) is 54.2 Å². The predicted molar refractivity (Wildman–Crippen MR) is 94.5 cm³/mol. The Morgan fingerprint density at radius 1 is 1.00 bits per heavy atom. The van der Waals surface area contributed by atoms with Crippen molar-refractivity contribution < 1.29 is 9.18 Å². The third kappa shape index (κ3) is 4.13. The number of halogens is 1. The zero-order valence-corrected chi connectivity index (χ0v) is 14.1. The summed E-state index contributed by atoms with van der Waals surface area (Å²) in [5, 5.41) is 6.30. The molecular formula is C20H23FN2O. The minimum absolute atomic E-state index is 0.0722. The van der Waals surface area contributed by atoms with Crippen molar-refractivity contribution in [3.05, 3.63) is 65.5 Å². The first-order valence-electron chi connectivity index (χ1n) is 8.45. The molecule has 0 radical (unpaired) electrons. The standard InChI is InChI=1S/C20H23FN2O/c1-13(2)14-5-9-17(10-6-14)22-19(20(24)23-18-11-12-18)15-3-7-16(21)8-4-15/h3-10,13,18-19,22H,11-12H2,1-2H3,(H,23,24)/t19-/m1/s1. The molecule has 3 rings (SSSR count). The van der Waals surface area contributed by atoms with Crippen molar-refractivity contribution in [3.8, 4) is 0 Å². The number of hydrogen-bond acceptors (Lipinski definition) is 2. The molecule has 4 heteroatoms. The van der Waals surface area contributed by atoms with Gasteiger partial charge < -0.3 is 10.6 Å². The average Bonchev–Trinajstić information content (AvgIpc) is 3.38. The summed E-state index contributed by atoms with van der Waals surface area (Å²) in [5.41, 5.74) is 2.88. The van der Waals surface area contributed by atoms with E-state index >= 15 is 0 Å². The first-order valence-corrected chi connectivity index (χ1v) is 8.45. The number of rotatable bonds is 6. The van der Waals surface area contributed by atoms with Crippen molar-refractivity contribution in [2.75, 3.05) is 5.32 Å². The number of benzene rings is 2. The number of nitrogens with one attached hydrogen (secondary N) is 2. The lowest BCUT2D eigenvalue weighted by Crippen LogP contribution is -2.34. The minimum atomic E-state index is -0.531. The highest BCUT2D eigenvalue weighted by molar-refractivity contribution is 5.86. The van der Waals surface area contributed by atoms with Crippen LogP contribution < -0.4 is 10.6 Å². The average molecular weight is 326 g/mol. The van der Waals surface area contributed by atoms with E-state index in [-0.39, 0.29) is 17.8 Å². The molecule has 2 aromatic carbocycles. The van der Waals surface area contributed by atoms with Crippen molar-refractivity contribution in [3.63, 3.8) is 0 Å². The monoisotopic (exact) mass is 326 g/mol. The van der Waals surface area contributed by atoms with E-state index in [1.807, 2.05) is 12.1 Å². The summed E-state index contributed by atoms with van der Waals surface area (Å²) in [5.74, 6) is 0.0866. The van der Waals surface area contributed by atoms with Gasteiger partial charge in [-0.3, -0.25) is 4.79 Å². The molecule has 2 N–H and O–H groups in total. The van der Waals surface area contributed by atoms with E-state index in [9.17, 15) is 9.18 Å². The fourth-order valence-corrected chi connectivity index (χ4v) is 2.60. The molecule has 0 saturated heterocycles. The van der Waals surface area contributed by atoms with Crippen LogP contribution >= 0.6 is 0 Å². The van der Waals surface area contributed by atoms with E-state index in [1.54, 1.807) is 12.1 Å². The van der Waals surface area contributed by atoms with Gasteiger partial charge in [0.25, 0.3) is 0 Å². The number of carbonyl (C=O) groups excluding carboxylic acids is 1. The molecule has 0 spiro atoms. The van der Waals surface area contributed by atoms with Crippen LogP contribution in [0.15, 0.2) is 48.5 Å². The Kier molecular flexibility index (Phi) is 4.84. The molecule has 1 aliphatic rings. The molecule has 0 bridgehead atoms. The molecule has 1 fully saturated rings. The maximum absolute atomic E-state index is 13.2. The first-order chi connectivity index (χ1) is 11.5. The molecule has 0 aromatic heterocycles. The van der Waals surface area contributed by atoms with Gasteiger partial charge in [-0.25, -0.2) is 4.39 Å². The Bertz CT molecular complexity index is 691. The summed E-state index contributed by atoms with van der Waals surface area (Å²) in [6, 6.07) is 13.9. The van der Waals surface area contributed by atoms with Crippen LogP contribution in [-0.4, -0.2) is 11.9 Å². The second-order valence-corrected chi connectivity index (χ2v) is 6.69. The summed E-state index contributed by atoms with van der Waals surface area (Å²) in [4.78, 5) is 12.6. The van der Waals surface area contributed by atoms with Gasteiger partial charge in [0.15, 0.2) is 0 Å². The van der Waals surface area contributed by atoms with Gasteiger partial charge in [0.1, 0.15) is 11.9 Å². The van der Waals surface area contributed by atoms with Crippen LogP contribution in [0.2, 0.25) is 0 Å². The van der Waals surface area contributed by atoms with Crippen molar-refractivity contribution in [1.29, 1.82) is 0 Å². The molecule has 0 aliphatic heterocycles. The summed E-state index contributed by atoms with van der Waals surface area (Å²) < 4.78 is 13.2. The van der Waals surface area contributed by atoms with Crippen molar-refractivity contribution in [2.24, 2.45) is 0 Å². The third-order valence-electron chi connectivity index (χ3n) is 4.28. The first kappa shape index (κ1) is 16.5. The van der Waals surface area contributed by atoms with Crippen LogP contribution in [0.5, 0.6) is 0 Å². The number of amides is 1. The fraction of sp³-hybridized carbons (Fsp3) is 0.350. The largest absolute Gasteiger partial charge is 0.370 e. The van der Waals surface area contributed by atoms with E-state index < -0.39 is 6.04 Å². The SMILES string of the molecule is CC(C)c1ccc(N[C@@H](C(=O)NC2CC2)c2ccc(F)cc2)cc1. The van der Waals surface area contributed by atoms with Crippen molar-refractivity contribution in [2.45, 2.75) is 44.7 Å². The molecule has 0 heterocycles. The van der Waals surface area contributed by atoms with Gasteiger partial charge >= 0.3 is 0 Å². The van der Waals surface area contributed by atoms with Crippen molar-refractivity contribution in [1.82, 2.24) is 5.32 Å². The summed E-state index contributed by atoms with van der Waals surface area (Å²) in [6.45, 7) is 4.29. The van der Waals surface area contributed by atoms with Crippen LogP contribution in [0.3, 0.4) is 0 Å². The Hall–Kier alpha value is -2.36. The molecule has 1 atom stereocenters. The summed E-state index contributed by atoms with van der Waals surface area (Å²) in [6.07, 6.45) is 2.07. The molecule has 1 saturated carbocycles. The number of carbonyl (C=O) groups is 1. The highest BCUT2D eigenvalue weighted by atomic mass is 19.1. The maximum Gasteiger partial charge on any atom is 0.247 e. The Morgan fingerprint density at radius 3 is 2.12 bits per heavy atom. The summed E-state index contributed by atoms with van der Waals surface area (Å²) >= 11 is 0. The second-order valence-electron chi connectivity index (χ2n) is 6.69. The zero-order valence-electron chi connectivity index (χ0n) is 14.1. The number of hydrogen-bond donors (Lipinski definition) is 2. The lowest BCUT2D eigenvalue weighted by Gasteiger charge is -2.20. The molecule has 1 amide bonds. The maximum atomic E-state index is 13.2. The molecule has 126 valence electrons. The molecule has 2 aromatic rings.